The first kappa shape index (κ1) is 11.9. The molecule has 6 heteroatoms. The molecule has 1 saturated carbocycles. The van der Waals surface area contributed by atoms with Crippen LogP contribution in [-0.2, 0) is 5.54 Å². The molecule has 0 bridgehead atoms. The normalized spacial score (nSPS) is 17.3. The van der Waals surface area contributed by atoms with Gasteiger partial charge in [0.15, 0.2) is 5.58 Å². The molecule has 2 heterocycles. The van der Waals surface area contributed by atoms with E-state index in [4.69, 9.17) is 21.8 Å². The second kappa shape index (κ2) is 4.07. The summed E-state index contributed by atoms with van der Waals surface area (Å²) in [6, 6.07) is 5.49. The van der Waals surface area contributed by atoms with Crippen molar-refractivity contribution in [3.05, 3.63) is 35.2 Å². The van der Waals surface area contributed by atoms with Crippen LogP contribution in [0.25, 0.3) is 22.7 Å². The topological polar surface area (TPSA) is 80.7 Å². The number of nitrogens with one attached hydrogen (secondary N) is 1. The second-order valence-electron chi connectivity index (χ2n) is 5.26. The number of imidazole rings is 1. The van der Waals surface area contributed by atoms with E-state index in [0.29, 0.717) is 16.5 Å². The maximum Gasteiger partial charge on any atom is 0.245 e. The van der Waals surface area contributed by atoms with Crippen LogP contribution in [0.3, 0.4) is 0 Å². The summed E-state index contributed by atoms with van der Waals surface area (Å²) < 4.78 is 5.71. The molecule has 102 valence electrons. The molecule has 0 radical (unpaired) electrons. The molecule has 0 saturated heterocycles. The first-order valence-corrected chi connectivity index (χ1v) is 6.93. The third-order valence-corrected chi connectivity index (χ3v) is 4.19. The maximum absolute atomic E-state index is 6.25. The van der Waals surface area contributed by atoms with E-state index in [2.05, 4.69) is 15.0 Å². The van der Waals surface area contributed by atoms with Crippen LogP contribution < -0.4 is 5.73 Å². The monoisotopic (exact) mass is 288 g/mol. The molecule has 0 amide bonds. The summed E-state index contributed by atoms with van der Waals surface area (Å²) in [5.41, 5.74) is 7.98. The van der Waals surface area contributed by atoms with Gasteiger partial charge in [0, 0.05) is 0 Å². The zero-order valence-corrected chi connectivity index (χ0v) is 11.4. The highest BCUT2D eigenvalue weighted by molar-refractivity contribution is 6.34. The van der Waals surface area contributed by atoms with Gasteiger partial charge in [-0.05, 0) is 31.4 Å². The third-order valence-electron chi connectivity index (χ3n) is 3.89. The van der Waals surface area contributed by atoms with Crippen molar-refractivity contribution in [3.63, 3.8) is 0 Å². The molecular formula is C14H13ClN4O. The van der Waals surface area contributed by atoms with Gasteiger partial charge in [0.05, 0.1) is 16.8 Å². The molecule has 3 aromatic rings. The number of fused-ring (bicyclic) bond motifs is 1. The van der Waals surface area contributed by atoms with E-state index in [-0.39, 0.29) is 5.54 Å². The molecule has 1 aliphatic rings. The van der Waals surface area contributed by atoms with Gasteiger partial charge in [0.1, 0.15) is 17.0 Å². The zero-order chi connectivity index (χ0) is 13.7. The van der Waals surface area contributed by atoms with Crippen molar-refractivity contribution in [1.82, 2.24) is 15.0 Å². The predicted molar refractivity (Wildman–Crippen MR) is 76.3 cm³/mol. The Balaban J connectivity index is 1.77. The van der Waals surface area contributed by atoms with Crippen LogP contribution in [0.4, 0.5) is 0 Å². The summed E-state index contributed by atoms with van der Waals surface area (Å²) in [4.78, 5) is 12.0. The second-order valence-corrected chi connectivity index (χ2v) is 5.67. The molecule has 1 aromatic carbocycles. The number of H-pyrrole nitrogens is 1. The number of hydrogen-bond acceptors (Lipinski definition) is 4. The first-order valence-electron chi connectivity index (χ1n) is 6.55. The molecule has 3 N–H and O–H groups in total. The SMILES string of the molecule is NC1(c2ncc(-c3nc4cccc(Cl)c4o3)[nH]2)CCC1. The number of nitrogens with two attached hydrogens (primary N) is 1. The van der Waals surface area contributed by atoms with Gasteiger partial charge in [-0.3, -0.25) is 0 Å². The van der Waals surface area contributed by atoms with Crippen LogP contribution >= 0.6 is 11.6 Å². The zero-order valence-electron chi connectivity index (χ0n) is 10.7. The maximum atomic E-state index is 6.25. The Morgan fingerprint density at radius 1 is 1.35 bits per heavy atom. The van der Waals surface area contributed by atoms with Crippen LogP contribution in [0.1, 0.15) is 25.1 Å². The lowest BCUT2D eigenvalue weighted by molar-refractivity contribution is 0.240. The molecular weight excluding hydrogens is 276 g/mol. The number of benzene rings is 1. The predicted octanol–water partition coefficient (Wildman–Crippen LogP) is 3.21. The molecule has 0 unspecified atom stereocenters. The molecule has 0 aliphatic heterocycles. The number of nitrogens with zero attached hydrogens (tertiary/aromatic N) is 2. The minimum atomic E-state index is -0.318. The van der Waals surface area contributed by atoms with E-state index >= 15 is 0 Å². The number of para-hydroxylation sites is 1. The smallest absolute Gasteiger partial charge is 0.245 e. The van der Waals surface area contributed by atoms with Gasteiger partial charge in [-0.1, -0.05) is 17.7 Å². The van der Waals surface area contributed by atoms with Crippen molar-refractivity contribution in [1.29, 1.82) is 0 Å². The molecule has 4 rings (SSSR count). The summed E-state index contributed by atoms with van der Waals surface area (Å²) in [6.07, 6.45) is 4.77. The standard InChI is InChI=1S/C14H13ClN4O/c15-8-3-1-4-9-11(8)20-12(18-9)10-7-17-13(19-10)14(16)5-2-6-14/h1,3-4,7H,2,5-6,16H2,(H,17,19). The van der Waals surface area contributed by atoms with Gasteiger partial charge < -0.3 is 15.1 Å². The Bertz CT molecular complexity index is 787. The van der Waals surface area contributed by atoms with Crippen molar-refractivity contribution in [2.24, 2.45) is 5.73 Å². The van der Waals surface area contributed by atoms with Gasteiger partial charge in [-0.15, -0.1) is 0 Å². The van der Waals surface area contributed by atoms with Crippen molar-refractivity contribution in [2.45, 2.75) is 24.8 Å². The molecule has 1 fully saturated rings. The van der Waals surface area contributed by atoms with Crippen LogP contribution in [0.15, 0.2) is 28.8 Å². The van der Waals surface area contributed by atoms with E-state index < -0.39 is 0 Å². The fraction of sp³-hybridized carbons (Fsp3) is 0.286. The van der Waals surface area contributed by atoms with Crippen molar-refractivity contribution in [3.8, 4) is 11.6 Å². The number of halogens is 1. The Hall–Kier alpha value is -1.85. The lowest BCUT2D eigenvalue weighted by Gasteiger charge is -2.35. The first-order chi connectivity index (χ1) is 9.66. The average molecular weight is 289 g/mol. The fourth-order valence-electron chi connectivity index (χ4n) is 2.51. The van der Waals surface area contributed by atoms with E-state index in [9.17, 15) is 0 Å². The molecule has 0 spiro atoms. The minimum Gasteiger partial charge on any atom is -0.433 e. The highest BCUT2D eigenvalue weighted by atomic mass is 35.5. The van der Waals surface area contributed by atoms with Crippen LogP contribution in [0, 0.1) is 0 Å². The van der Waals surface area contributed by atoms with Gasteiger partial charge >= 0.3 is 0 Å². The number of aromatic amines is 1. The highest BCUT2D eigenvalue weighted by Gasteiger charge is 2.37. The lowest BCUT2D eigenvalue weighted by atomic mass is 9.77. The van der Waals surface area contributed by atoms with Crippen molar-refractivity contribution < 1.29 is 4.42 Å². The quantitative estimate of drug-likeness (QED) is 0.759. The Kier molecular flexibility index (Phi) is 2.43. The van der Waals surface area contributed by atoms with Crippen molar-refractivity contribution in [2.75, 3.05) is 0 Å². The molecule has 0 atom stereocenters. The lowest BCUT2D eigenvalue weighted by Crippen LogP contribution is -2.44. The number of rotatable bonds is 2. The van der Waals surface area contributed by atoms with Crippen LogP contribution in [0.2, 0.25) is 5.02 Å². The summed E-state index contributed by atoms with van der Waals surface area (Å²) >= 11 is 6.09. The molecule has 1 aliphatic carbocycles. The largest absolute Gasteiger partial charge is 0.433 e. The Labute approximate surface area is 120 Å². The summed E-state index contributed by atoms with van der Waals surface area (Å²) in [7, 11) is 0. The third kappa shape index (κ3) is 1.67. The molecule has 20 heavy (non-hydrogen) atoms. The summed E-state index contributed by atoms with van der Waals surface area (Å²) in [5, 5.41) is 0.551. The molecule has 5 nitrogen and oxygen atoms in total. The van der Waals surface area contributed by atoms with Gasteiger partial charge in [0.2, 0.25) is 5.89 Å². The average Bonchev–Trinajstić information content (AvgIpc) is 3.02. The highest BCUT2D eigenvalue weighted by Crippen LogP contribution is 2.38. The summed E-state index contributed by atoms with van der Waals surface area (Å²) in [5.74, 6) is 1.28. The van der Waals surface area contributed by atoms with Gasteiger partial charge in [-0.25, -0.2) is 9.97 Å². The van der Waals surface area contributed by atoms with Crippen LogP contribution in [0.5, 0.6) is 0 Å². The fourth-order valence-corrected chi connectivity index (χ4v) is 2.72. The number of hydrogen-bond donors (Lipinski definition) is 2. The van der Waals surface area contributed by atoms with Gasteiger partial charge in [-0.2, -0.15) is 0 Å². The van der Waals surface area contributed by atoms with Gasteiger partial charge in [0.25, 0.3) is 0 Å². The number of aromatic nitrogens is 3. The minimum absolute atomic E-state index is 0.318. The van der Waals surface area contributed by atoms with Crippen molar-refractivity contribution >= 4 is 22.7 Å². The Morgan fingerprint density at radius 2 is 2.20 bits per heavy atom. The van der Waals surface area contributed by atoms with E-state index in [1.54, 1.807) is 12.3 Å². The Morgan fingerprint density at radius 3 is 2.90 bits per heavy atom. The van der Waals surface area contributed by atoms with E-state index in [0.717, 1.165) is 36.3 Å². The summed E-state index contributed by atoms with van der Waals surface area (Å²) in [6.45, 7) is 0. The van der Waals surface area contributed by atoms with E-state index in [1.165, 1.54) is 0 Å². The number of oxazole rings is 1. The molecule has 2 aromatic heterocycles. The van der Waals surface area contributed by atoms with Crippen LogP contribution in [-0.4, -0.2) is 15.0 Å². The van der Waals surface area contributed by atoms with E-state index in [1.807, 2.05) is 12.1 Å².